The van der Waals surface area contributed by atoms with Crippen LogP contribution < -0.4 is 0 Å². The minimum Gasteiger partial charge on any atom is -0.295 e. The van der Waals surface area contributed by atoms with Gasteiger partial charge in [0, 0.05) is 18.7 Å². The second-order valence-electron chi connectivity index (χ2n) is 7.57. The maximum absolute atomic E-state index is 12.5. The zero-order chi connectivity index (χ0) is 16.7. The van der Waals surface area contributed by atoms with Crippen LogP contribution in [0.25, 0.3) is 0 Å². The van der Waals surface area contributed by atoms with Gasteiger partial charge in [-0.15, -0.1) is 0 Å². The molecule has 2 heteroatoms. The average molecular weight is 316 g/mol. The summed E-state index contributed by atoms with van der Waals surface area (Å²) in [6.07, 6.45) is 7.59. The van der Waals surface area contributed by atoms with Crippen LogP contribution in [-0.4, -0.2) is 30.3 Å². The Bertz CT molecular complexity index is 469. The van der Waals surface area contributed by atoms with E-state index in [1.54, 1.807) is 0 Å². The average Bonchev–Trinajstić information content (AvgIpc) is 2.51. The monoisotopic (exact) mass is 315 g/mol. The van der Waals surface area contributed by atoms with Crippen LogP contribution in [0.15, 0.2) is 24.3 Å². The van der Waals surface area contributed by atoms with E-state index in [0.29, 0.717) is 18.4 Å². The van der Waals surface area contributed by atoms with Crippen LogP contribution in [0.5, 0.6) is 0 Å². The molecule has 0 radical (unpaired) electrons. The van der Waals surface area contributed by atoms with E-state index in [0.717, 1.165) is 25.1 Å². The molecule has 0 aromatic heterocycles. The number of aryl methyl sites for hydroxylation is 1. The standard InChI is InChI=1S/C21H33NO/c1-4-5-6-7-8-19-9-11-20(12-10-19)21(23)16-22-14-17(2)13-18(3)15-22/h9-12,17-18H,4-8,13-16H2,1-3H3. The van der Waals surface area contributed by atoms with Gasteiger partial charge in [0.05, 0.1) is 6.54 Å². The number of benzene rings is 1. The summed E-state index contributed by atoms with van der Waals surface area (Å²) >= 11 is 0. The molecule has 2 atom stereocenters. The highest BCUT2D eigenvalue weighted by Crippen LogP contribution is 2.21. The third-order valence-corrected chi connectivity index (χ3v) is 4.91. The SMILES string of the molecule is CCCCCCc1ccc(C(=O)CN2CC(C)CC(C)C2)cc1. The van der Waals surface area contributed by atoms with Crippen LogP contribution in [0.2, 0.25) is 0 Å². The predicted molar refractivity (Wildman–Crippen MR) is 98.0 cm³/mol. The summed E-state index contributed by atoms with van der Waals surface area (Å²) in [5.74, 6) is 1.68. The Balaban J connectivity index is 1.82. The molecule has 1 aliphatic rings. The molecule has 23 heavy (non-hydrogen) atoms. The van der Waals surface area contributed by atoms with Gasteiger partial charge in [-0.3, -0.25) is 9.69 Å². The van der Waals surface area contributed by atoms with Gasteiger partial charge in [0.2, 0.25) is 0 Å². The highest BCUT2D eigenvalue weighted by molar-refractivity contribution is 5.97. The van der Waals surface area contributed by atoms with Gasteiger partial charge < -0.3 is 0 Å². The Morgan fingerprint density at radius 2 is 1.70 bits per heavy atom. The molecule has 1 aromatic carbocycles. The first-order valence-electron chi connectivity index (χ1n) is 9.43. The van der Waals surface area contributed by atoms with Crippen molar-refractivity contribution in [3.63, 3.8) is 0 Å². The maximum Gasteiger partial charge on any atom is 0.176 e. The molecule has 1 aliphatic heterocycles. The molecule has 1 heterocycles. The van der Waals surface area contributed by atoms with E-state index in [4.69, 9.17) is 0 Å². The number of ketones is 1. The first-order valence-corrected chi connectivity index (χ1v) is 9.43. The molecule has 128 valence electrons. The van der Waals surface area contributed by atoms with Gasteiger partial charge in [0.15, 0.2) is 5.78 Å². The van der Waals surface area contributed by atoms with Crippen molar-refractivity contribution < 1.29 is 4.79 Å². The molecule has 2 unspecified atom stereocenters. The van der Waals surface area contributed by atoms with E-state index in [1.807, 2.05) is 12.1 Å². The van der Waals surface area contributed by atoms with E-state index >= 15 is 0 Å². The molecule has 0 saturated carbocycles. The van der Waals surface area contributed by atoms with Gasteiger partial charge in [0.25, 0.3) is 0 Å². The number of carbonyl (C=O) groups excluding carboxylic acids is 1. The van der Waals surface area contributed by atoms with Crippen molar-refractivity contribution in [2.24, 2.45) is 11.8 Å². The van der Waals surface area contributed by atoms with Gasteiger partial charge in [-0.1, -0.05) is 64.3 Å². The third kappa shape index (κ3) is 6.10. The van der Waals surface area contributed by atoms with Crippen LogP contribution in [-0.2, 0) is 6.42 Å². The first kappa shape index (κ1) is 18.2. The van der Waals surface area contributed by atoms with Crippen molar-refractivity contribution >= 4 is 5.78 Å². The third-order valence-electron chi connectivity index (χ3n) is 4.91. The molecular weight excluding hydrogens is 282 g/mol. The van der Waals surface area contributed by atoms with Gasteiger partial charge in [-0.25, -0.2) is 0 Å². The zero-order valence-electron chi connectivity index (χ0n) is 15.2. The summed E-state index contributed by atoms with van der Waals surface area (Å²) < 4.78 is 0. The van der Waals surface area contributed by atoms with Crippen LogP contribution in [0.3, 0.4) is 0 Å². The number of piperidine rings is 1. The van der Waals surface area contributed by atoms with Crippen molar-refractivity contribution in [1.29, 1.82) is 0 Å². The minimum absolute atomic E-state index is 0.267. The Morgan fingerprint density at radius 1 is 1.04 bits per heavy atom. The topological polar surface area (TPSA) is 20.3 Å². The number of likely N-dealkylation sites (tertiary alicyclic amines) is 1. The van der Waals surface area contributed by atoms with E-state index < -0.39 is 0 Å². The first-order chi connectivity index (χ1) is 11.1. The van der Waals surface area contributed by atoms with Gasteiger partial charge in [-0.2, -0.15) is 0 Å². The molecule has 1 fully saturated rings. The number of unbranched alkanes of at least 4 members (excludes halogenated alkanes) is 3. The van der Waals surface area contributed by atoms with Crippen LogP contribution >= 0.6 is 0 Å². The van der Waals surface area contributed by atoms with E-state index in [9.17, 15) is 4.79 Å². The van der Waals surface area contributed by atoms with Crippen LogP contribution in [0, 0.1) is 11.8 Å². The highest BCUT2D eigenvalue weighted by atomic mass is 16.1. The van der Waals surface area contributed by atoms with E-state index in [2.05, 4.69) is 37.8 Å². The molecule has 1 aromatic rings. The van der Waals surface area contributed by atoms with Crippen molar-refractivity contribution in [3.8, 4) is 0 Å². The quantitative estimate of drug-likeness (QED) is 0.498. The number of Topliss-reactive ketones (excluding diaryl/α,β-unsaturated/α-hetero) is 1. The van der Waals surface area contributed by atoms with Crippen molar-refractivity contribution in [3.05, 3.63) is 35.4 Å². The second kappa shape index (κ2) is 9.22. The zero-order valence-corrected chi connectivity index (χ0v) is 15.2. The predicted octanol–water partition coefficient (Wildman–Crippen LogP) is 4.97. The number of carbonyl (C=O) groups is 1. The molecule has 0 spiro atoms. The number of hydrogen-bond acceptors (Lipinski definition) is 2. The number of hydrogen-bond donors (Lipinski definition) is 0. The summed E-state index contributed by atoms with van der Waals surface area (Å²) in [6.45, 7) is 9.52. The highest BCUT2D eigenvalue weighted by Gasteiger charge is 2.23. The summed E-state index contributed by atoms with van der Waals surface area (Å²) in [4.78, 5) is 14.8. The number of rotatable bonds is 8. The Labute approximate surface area is 142 Å². The minimum atomic E-state index is 0.267. The van der Waals surface area contributed by atoms with E-state index in [-0.39, 0.29) is 5.78 Å². The normalized spacial score (nSPS) is 22.2. The molecule has 0 aliphatic carbocycles. The fraction of sp³-hybridized carbons (Fsp3) is 0.667. The Hall–Kier alpha value is -1.15. The molecule has 0 N–H and O–H groups in total. The summed E-state index contributed by atoms with van der Waals surface area (Å²) in [5.41, 5.74) is 2.23. The molecule has 1 saturated heterocycles. The lowest BCUT2D eigenvalue weighted by molar-refractivity contribution is 0.0849. The molecule has 0 amide bonds. The Kier molecular flexibility index (Phi) is 7.29. The number of nitrogens with zero attached hydrogens (tertiary/aromatic N) is 1. The lowest BCUT2D eigenvalue weighted by atomic mass is 9.91. The van der Waals surface area contributed by atoms with Crippen molar-refractivity contribution in [1.82, 2.24) is 4.90 Å². The fourth-order valence-corrected chi connectivity index (χ4v) is 3.83. The smallest absolute Gasteiger partial charge is 0.176 e. The molecular formula is C21H33NO. The van der Waals surface area contributed by atoms with Crippen LogP contribution in [0.1, 0.15) is 68.8 Å². The Morgan fingerprint density at radius 3 is 2.30 bits per heavy atom. The molecule has 2 rings (SSSR count). The largest absolute Gasteiger partial charge is 0.295 e. The molecule has 2 nitrogen and oxygen atoms in total. The van der Waals surface area contributed by atoms with E-state index in [1.165, 1.54) is 37.7 Å². The maximum atomic E-state index is 12.5. The summed E-state index contributed by atoms with van der Waals surface area (Å²) in [5, 5.41) is 0. The van der Waals surface area contributed by atoms with Gasteiger partial charge >= 0.3 is 0 Å². The second-order valence-corrected chi connectivity index (χ2v) is 7.57. The fourth-order valence-electron chi connectivity index (χ4n) is 3.83. The summed E-state index contributed by atoms with van der Waals surface area (Å²) in [7, 11) is 0. The van der Waals surface area contributed by atoms with Crippen molar-refractivity contribution in [2.75, 3.05) is 19.6 Å². The molecule has 0 bridgehead atoms. The van der Waals surface area contributed by atoms with Crippen LogP contribution in [0.4, 0.5) is 0 Å². The van der Waals surface area contributed by atoms with Gasteiger partial charge in [0.1, 0.15) is 0 Å². The summed E-state index contributed by atoms with van der Waals surface area (Å²) in [6, 6.07) is 8.32. The van der Waals surface area contributed by atoms with Crippen molar-refractivity contribution in [2.45, 2.75) is 59.3 Å². The lowest BCUT2D eigenvalue weighted by Gasteiger charge is -2.34. The lowest BCUT2D eigenvalue weighted by Crippen LogP contribution is -2.41. The van der Waals surface area contributed by atoms with Gasteiger partial charge in [-0.05, 0) is 36.7 Å².